The predicted octanol–water partition coefficient (Wildman–Crippen LogP) is 3.03. The minimum absolute atomic E-state index is 0.123. The number of carbonyl (C=O) groups is 1. The second-order valence-corrected chi connectivity index (χ2v) is 10.0. The van der Waals surface area contributed by atoms with E-state index in [1.807, 2.05) is 0 Å². The number of aliphatic hydroxyl groups excluding tert-OH is 1. The van der Waals surface area contributed by atoms with Crippen molar-refractivity contribution in [2.75, 3.05) is 12.3 Å². The highest BCUT2D eigenvalue weighted by Gasteiger charge is 2.45. The summed E-state index contributed by atoms with van der Waals surface area (Å²) in [7, 11) is -2.66. The number of imidazole rings is 1. The molecule has 15 heteroatoms. The zero-order valence-corrected chi connectivity index (χ0v) is 22.1. The Hall–Kier alpha value is -3.00. The number of hydrogen-bond donors (Lipinski definition) is 3. The number of nitrogens with zero attached hydrogens (tertiary/aromatic N) is 4. The molecule has 4 rings (SSSR count). The first-order chi connectivity index (χ1) is 17.6. The smallest absolute Gasteiger partial charge is 0.462 e. The largest absolute Gasteiger partial charge is 0.693 e. The van der Waals surface area contributed by atoms with Crippen molar-refractivity contribution < 1.29 is 33.3 Å². The lowest BCUT2D eigenvalue weighted by atomic mass is 10.2. The number of aliphatic hydroxyl groups is 1. The molecule has 0 spiro atoms. The summed E-state index contributed by atoms with van der Waals surface area (Å²) in [5.41, 5.74) is 6.73. The van der Waals surface area contributed by atoms with E-state index < -0.39 is 38.6 Å². The minimum atomic E-state index is -2.66. The molecule has 5 atom stereocenters. The molecule has 0 bridgehead atoms. The molecule has 4 N–H and O–H groups in total. The number of hydrogen-bond acceptors (Lipinski definition) is 11. The van der Waals surface area contributed by atoms with Crippen LogP contribution in [-0.2, 0) is 23.7 Å². The number of rotatable bonds is 10. The number of anilines is 1. The number of nitrogens with one attached hydrogen (secondary N) is 1. The summed E-state index contributed by atoms with van der Waals surface area (Å²) in [5, 5.41) is 10.7. The molecule has 198 valence electrons. The lowest BCUT2D eigenvalue weighted by Crippen LogP contribution is -2.40. The van der Waals surface area contributed by atoms with Gasteiger partial charge in [0.25, 0.3) is 0 Å². The zero-order chi connectivity index (χ0) is 26.7. The van der Waals surface area contributed by atoms with E-state index in [2.05, 4.69) is 15.0 Å². The van der Waals surface area contributed by atoms with Crippen LogP contribution in [0, 0.1) is 4.64 Å². The summed E-state index contributed by atoms with van der Waals surface area (Å²) in [6.45, 7) is 4.67. The van der Waals surface area contributed by atoms with Gasteiger partial charge in [-0.15, -0.1) is 0 Å². The summed E-state index contributed by atoms with van der Waals surface area (Å²) in [6, 6.07) is 7.41. The van der Waals surface area contributed by atoms with Gasteiger partial charge in [0.15, 0.2) is 22.4 Å². The molecular formula is C22H28N6O7PS+. The van der Waals surface area contributed by atoms with Gasteiger partial charge in [-0.3, -0.25) is 14.2 Å². The maximum absolute atomic E-state index is 13.1. The van der Waals surface area contributed by atoms with Gasteiger partial charge in [0, 0.05) is 11.0 Å². The standard InChI is InChI=1S/C22H27N6O7PS/c1-12(2)33-21(30)13(3)28(36(31)35-14-7-5-4-6-8-14)32-10-16-15(29)9-17(34-16)27-11-24-18-19(27)25-22(23)26-20(18)37/h4-8,11-13,15-17,29H,9-10H2,1-3H3,(H2-,23,25,26,37)/p+1. The zero-order valence-electron chi connectivity index (χ0n) is 20.4. The van der Waals surface area contributed by atoms with Crippen LogP contribution in [0.25, 0.3) is 11.2 Å². The molecule has 1 fully saturated rings. The second-order valence-electron chi connectivity index (χ2n) is 8.61. The monoisotopic (exact) mass is 551 g/mol. The average Bonchev–Trinajstić information content (AvgIpc) is 3.42. The van der Waals surface area contributed by atoms with Crippen LogP contribution >= 0.6 is 20.4 Å². The van der Waals surface area contributed by atoms with Crippen molar-refractivity contribution in [2.45, 2.75) is 57.8 Å². The first kappa shape index (κ1) is 27.0. The quantitative estimate of drug-likeness (QED) is 0.146. The molecule has 3 aromatic rings. The molecule has 0 saturated carbocycles. The highest BCUT2D eigenvalue weighted by atomic mass is 32.1. The number of para-hydroxylation sites is 1. The van der Waals surface area contributed by atoms with Crippen molar-refractivity contribution >= 4 is 43.5 Å². The average molecular weight is 552 g/mol. The van der Waals surface area contributed by atoms with Crippen molar-refractivity contribution in [3.05, 3.63) is 41.3 Å². The SMILES string of the molecule is CC(C)OC(=O)C(C)N(OCC1OC(n2cnc3c(=S)nc(N)[nH]c32)CC1O)[P+](=O)Oc1ccccc1. The summed E-state index contributed by atoms with van der Waals surface area (Å²) in [4.78, 5) is 30.4. The molecule has 37 heavy (non-hydrogen) atoms. The van der Waals surface area contributed by atoms with Crippen molar-refractivity contribution in [3.8, 4) is 5.75 Å². The number of nitrogens with two attached hydrogens (primary N) is 1. The Morgan fingerprint density at radius 3 is 2.81 bits per heavy atom. The second kappa shape index (κ2) is 11.6. The van der Waals surface area contributed by atoms with E-state index >= 15 is 0 Å². The molecule has 0 radical (unpaired) electrons. The van der Waals surface area contributed by atoms with Crippen LogP contribution in [-0.4, -0.2) is 66.4 Å². The Morgan fingerprint density at radius 1 is 1.38 bits per heavy atom. The highest BCUT2D eigenvalue weighted by molar-refractivity contribution is 7.71. The molecule has 13 nitrogen and oxygen atoms in total. The van der Waals surface area contributed by atoms with Crippen LogP contribution < -0.4 is 10.3 Å². The number of benzene rings is 1. The van der Waals surface area contributed by atoms with Crippen LogP contribution in [0.4, 0.5) is 5.95 Å². The molecule has 3 heterocycles. The fourth-order valence-electron chi connectivity index (χ4n) is 3.69. The van der Waals surface area contributed by atoms with Gasteiger partial charge in [0.2, 0.25) is 0 Å². The van der Waals surface area contributed by atoms with E-state index in [0.29, 0.717) is 16.9 Å². The molecule has 1 aliphatic heterocycles. The van der Waals surface area contributed by atoms with E-state index in [9.17, 15) is 14.5 Å². The van der Waals surface area contributed by atoms with Crippen molar-refractivity contribution in [1.29, 1.82) is 0 Å². The maximum Gasteiger partial charge on any atom is 0.693 e. The molecule has 0 aliphatic carbocycles. The highest BCUT2D eigenvalue weighted by Crippen LogP contribution is 2.36. The van der Waals surface area contributed by atoms with E-state index in [4.69, 9.17) is 36.8 Å². The summed E-state index contributed by atoms with van der Waals surface area (Å²) in [6.07, 6.45) is -1.03. The number of nitrogen functional groups attached to an aromatic ring is 1. The van der Waals surface area contributed by atoms with Gasteiger partial charge in [-0.05, 0) is 32.9 Å². The van der Waals surface area contributed by atoms with Crippen molar-refractivity contribution in [1.82, 2.24) is 24.4 Å². The van der Waals surface area contributed by atoms with E-state index in [1.54, 1.807) is 48.7 Å². The fourth-order valence-corrected chi connectivity index (χ4v) is 4.86. The van der Waals surface area contributed by atoms with Crippen LogP contribution in [0.2, 0.25) is 0 Å². The normalized spacial score (nSPS) is 20.9. The molecule has 2 aromatic heterocycles. The van der Waals surface area contributed by atoms with Gasteiger partial charge in [-0.1, -0.05) is 30.4 Å². The topological polar surface area (TPSA) is 167 Å². The van der Waals surface area contributed by atoms with Gasteiger partial charge in [-0.25, -0.2) is 14.5 Å². The van der Waals surface area contributed by atoms with E-state index in [-0.39, 0.29) is 29.7 Å². The molecule has 0 amide bonds. The van der Waals surface area contributed by atoms with Crippen LogP contribution in [0.15, 0.2) is 36.7 Å². The van der Waals surface area contributed by atoms with Crippen LogP contribution in [0.5, 0.6) is 5.75 Å². The van der Waals surface area contributed by atoms with E-state index in [0.717, 1.165) is 4.83 Å². The number of fused-ring (bicyclic) bond motifs is 1. The maximum atomic E-state index is 13.1. The van der Waals surface area contributed by atoms with Crippen molar-refractivity contribution in [3.63, 3.8) is 0 Å². The third-order valence-electron chi connectivity index (χ3n) is 5.46. The number of aromatic nitrogens is 4. The first-order valence-electron chi connectivity index (χ1n) is 11.5. The van der Waals surface area contributed by atoms with Gasteiger partial charge in [0.05, 0.1) is 23.4 Å². The third kappa shape index (κ3) is 6.29. The van der Waals surface area contributed by atoms with Gasteiger partial charge in [-0.2, -0.15) is 0 Å². The van der Waals surface area contributed by atoms with Crippen molar-refractivity contribution in [2.24, 2.45) is 0 Å². The summed E-state index contributed by atoms with van der Waals surface area (Å²) in [5.74, 6) is -0.193. The molecule has 1 saturated heterocycles. The van der Waals surface area contributed by atoms with Gasteiger partial charge >= 0.3 is 14.1 Å². The number of H-pyrrole nitrogens is 1. The number of aromatic amines is 1. The third-order valence-corrected chi connectivity index (χ3v) is 6.90. The van der Waals surface area contributed by atoms with Gasteiger partial charge < -0.3 is 25.3 Å². The van der Waals surface area contributed by atoms with Crippen LogP contribution in [0.3, 0.4) is 0 Å². The lowest BCUT2D eigenvalue weighted by molar-refractivity contribution is -0.183. The number of ether oxygens (including phenoxy) is 2. The summed E-state index contributed by atoms with van der Waals surface area (Å²) >= 11 is 5.21. The number of esters is 1. The lowest BCUT2D eigenvalue weighted by Gasteiger charge is -2.20. The Kier molecular flexibility index (Phi) is 8.47. The molecule has 5 unspecified atom stereocenters. The Morgan fingerprint density at radius 2 is 2.11 bits per heavy atom. The molecular weight excluding hydrogens is 523 g/mol. The van der Waals surface area contributed by atoms with Gasteiger partial charge in [0.1, 0.15) is 30.1 Å². The Bertz CT molecular complexity index is 1320. The van der Waals surface area contributed by atoms with E-state index in [1.165, 1.54) is 13.3 Å². The fraction of sp³-hybridized carbons (Fsp3) is 0.455. The Balaban J connectivity index is 1.48. The Labute approximate surface area is 218 Å². The number of carbonyl (C=O) groups excluding carboxylic acids is 1. The molecule has 1 aliphatic rings. The minimum Gasteiger partial charge on any atom is -0.462 e. The number of hydroxylamine groups is 1. The summed E-state index contributed by atoms with van der Waals surface area (Å²) < 4.78 is 31.7. The molecule has 1 aromatic carbocycles. The van der Waals surface area contributed by atoms with Crippen LogP contribution in [0.1, 0.15) is 33.4 Å². The predicted molar refractivity (Wildman–Crippen MR) is 135 cm³/mol. The first-order valence-corrected chi connectivity index (χ1v) is 13.1.